The molecule has 0 atom stereocenters. The van der Waals surface area contributed by atoms with Crippen molar-refractivity contribution in [3.63, 3.8) is 0 Å². The molecule has 3 aromatic rings. The Hall–Kier alpha value is -2.52. The Morgan fingerprint density at radius 2 is 2.06 bits per heavy atom. The van der Waals surface area contributed by atoms with Crippen molar-refractivity contribution in [1.29, 1.82) is 5.26 Å². The molecule has 3 aromatic heterocycles. The predicted octanol–water partition coefficient (Wildman–Crippen LogP) is 2.73. The minimum Gasteiger partial charge on any atom is -0.416 e. The highest BCUT2D eigenvalue weighted by atomic mass is 32.1. The highest BCUT2D eigenvalue weighted by molar-refractivity contribution is 7.10. The number of nitrogens with zero attached hydrogens (tertiary/aromatic N) is 4. The summed E-state index contributed by atoms with van der Waals surface area (Å²) in [6.45, 7) is 0. The molecule has 0 amide bonds. The summed E-state index contributed by atoms with van der Waals surface area (Å²) in [5.74, 6) is 0.828. The standard InChI is InChI=1S/C12H6N4OS/c13-5-10-4-9(7-18-10)12-16-15-11(17-12)8-2-1-3-14-6-8/h1-4,6-7H. The lowest BCUT2D eigenvalue weighted by Gasteiger charge is -1.91. The molecule has 0 aliphatic rings. The molecule has 86 valence electrons. The van der Waals surface area contributed by atoms with E-state index in [1.807, 2.05) is 11.4 Å². The zero-order chi connectivity index (χ0) is 12.4. The van der Waals surface area contributed by atoms with Gasteiger partial charge in [-0.3, -0.25) is 4.98 Å². The Balaban J connectivity index is 1.97. The number of hydrogen-bond donors (Lipinski definition) is 0. The van der Waals surface area contributed by atoms with Crippen LogP contribution in [0.2, 0.25) is 0 Å². The van der Waals surface area contributed by atoms with Gasteiger partial charge in [-0.1, -0.05) is 0 Å². The third-order valence-corrected chi connectivity index (χ3v) is 3.12. The molecule has 18 heavy (non-hydrogen) atoms. The van der Waals surface area contributed by atoms with Crippen LogP contribution in [-0.4, -0.2) is 15.2 Å². The highest BCUT2D eigenvalue weighted by Gasteiger charge is 2.11. The lowest BCUT2D eigenvalue weighted by Crippen LogP contribution is -1.78. The summed E-state index contributed by atoms with van der Waals surface area (Å²) >= 11 is 1.35. The maximum atomic E-state index is 8.77. The number of nitriles is 1. The fraction of sp³-hybridized carbons (Fsp3) is 0. The van der Waals surface area contributed by atoms with Crippen LogP contribution in [0.1, 0.15) is 4.88 Å². The number of hydrogen-bond acceptors (Lipinski definition) is 6. The van der Waals surface area contributed by atoms with Crippen LogP contribution < -0.4 is 0 Å². The second kappa shape index (κ2) is 4.39. The molecule has 0 aliphatic carbocycles. The number of aromatic nitrogens is 3. The summed E-state index contributed by atoms with van der Waals surface area (Å²) < 4.78 is 5.55. The summed E-state index contributed by atoms with van der Waals surface area (Å²) in [6, 6.07) is 7.45. The predicted molar refractivity (Wildman–Crippen MR) is 65.6 cm³/mol. The van der Waals surface area contributed by atoms with Gasteiger partial charge in [-0.25, -0.2) is 0 Å². The van der Waals surface area contributed by atoms with Crippen molar-refractivity contribution in [2.45, 2.75) is 0 Å². The molecule has 0 spiro atoms. The van der Waals surface area contributed by atoms with E-state index in [2.05, 4.69) is 21.3 Å². The zero-order valence-corrected chi connectivity index (χ0v) is 9.89. The summed E-state index contributed by atoms with van der Waals surface area (Å²) in [5.41, 5.74) is 1.53. The molecule has 3 heterocycles. The van der Waals surface area contributed by atoms with E-state index in [9.17, 15) is 0 Å². The second-order valence-electron chi connectivity index (χ2n) is 3.47. The average Bonchev–Trinajstić information content (AvgIpc) is 3.08. The van der Waals surface area contributed by atoms with Crippen molar-refractivity contribution in [3.05, 3.63) is 40.8 Å². The van der Waals surface area contributed by atoms with Crippen LogP contribution in [0.5, 0.6) is 0 Å². The van der Waals surface area contributed by atoms with Gasteiger partial charge in [-0.15, -0.1) is 21.5 Å². The first-order chi connectivity index (χ1) is 8.86. The second-order valence-corrected chi connectivity index (χ2v) is 4.38. The van der Waals surface area contributed by atoms with Gasteiger partial charge in [-0.2, -0.15) is 5.26 Å². The quantitative estimate of drug-likeness (QED) is 0.702. The molecule has 0 fully saturated rings. The summed E-state index contributed by atoms with van der Waals surface area (Å²) in [6.07, 6.45) is 3.34. The zero-order valence-electron chi connectivity index (χ0n) is 9.07. The Labute approximate surface area is 106 Å². The lowest BCUT2D eigenvalue weighted by molar-refractivity contribution is 0.584. The van der Waals surface area contributed by atoms with Crippen molar-refractivity contribution < 1.29 is 4.42 Å². The number of thiophene rings is 1. The van der Waals surface area contributed by atoms with Crippen molar-refractivity contribution >= 4 is 11.3 Å². The van der Waals surface area contributed by atoms with Gasteiger partial charge in [0.1, 0.15) is 10.9 Å². The molecular formula is C12H6N4OS. The van der Waals surface area contributed by atoms with Gasteiger partial charge < -0.3 is 4.42 Å². The smallest absolute Gasteiger partial charge is 0.249 e. The third-order valence-electron chi connectivity index (χ3n) is 2.29. The highest BCUT2D eigenvalue weighted by Crippen LogP contribution is 2.26. The van der Waals surface area contributed by atoms with Crippen LogP contribution in [0.15, 0.2) is 40.4 Å². The summed E-state index contributed by atoms with van der Waals surface area (Å²) in [4.78, 5) is 4.61. The first-order valence-corrected chi connectivity index (χ1v) is 5.97. The SMILES string of the molecule is N#Cc1cc(-c2nnc(-c3cccnc3)o2)cs1. The van der Waals surface area contributed by atoms with Gasteiger partial charge in [-0.05, 0) is 18.2 Å². The third kappa shape index (κ3) is 1.87. The molecule has 0 saturated carbocycles. The molecule has 0 unspecified atom stereocenters. The Bertz CT molecular complexity index is 711. The van der Waals surface area contributed by atoms with Gasteiger partial charge in [0.25, 0.3) is 0 Å². The summed E-state index contributed by atoms with van der Waals surface area (Å²) in [7, 11) is 0. The normalized spacial score (nSPS) is 10.2. The Kier molecular flexibility index (Phi) is 2.59. The van der Waals surface area contributed by atoms with Crippen LogP contribution in [-0.2, 0) is 0 Å². The topological polar surface area (TPSA) is 75.6 Å². The fourth-order valence-corrected chi connectivity index (χ4v) is 2.12. The number of rotatable bonds is 2. The Morgan fingerprint density at radius 1 is 1.22 bits per heavy atom. The van der Waals surface area contributed by atoms with E-state index in [1.54, 1.807) is 24.5 Å². The largest absolute Gasteiger partial charge is 0.416 e. The van der Waals surface area contributed by atoms with Gasteiger partial charge in [0.05, 0.1) is 11.1 Å². The van der Waals surface area contributed by atoms with Crippen LogP contribution in [0.3, 0.4) is 0 Å². The maximum Gasteiger partial charge on any atom is 0.249 e. The molecule has 0 saturated heterocycles. The van der Waals surface area contributed by atoms with Crippen LogP contribution in [0.25, 0.3) is 22.9 Å². The maximum absolute atomic E-state index is 8.77. The van der Waals surface area contributed by atoms with E-state index >= 15 is 0 Å². The monoisotopic (exact) mass is 254 g/mol. The minimum atomic E-state index is 0.409. The van der Waals surface area contributed by atoms with Crippen molar-refractivity contribution in [2.75, 3.05) is 0 Å². The van der Waals surface area contributed by atoms with Crippen molar-refractivity contribution in [1.82, 2.24) is 15.2 Å². The van der Waals surface area contributed by atoms with Gasteiger partial charge in [0.2, 0.25) is 11.8 Å². The van der Waals surface area contributed by atoms with Crippen molar-refractivity contribution in [3.8, 4) is 29.0 Å². The first kappa shape index (κ1) is 10.6. The first-order valence-electron chi connectivity index (χ1n) is 5.10. The molecule has 0 radical (unpaired) electrons. The molecule has 0 N–H and O–H groups in total. The molecule has 6 heteroatoms. The van der Waals surface area contributed by atoms with E-state index < -0.39 is 0 Å². The van der Waals surface area contributed by atoms with Gasteiger partial charge >= 0.3 is 0 Å². The van der Waals surface area contributed by atoms with Crippen molar-refractivity contribution in [2.24, 2.45) is 0 Å². The minimum absolute atomic E-state index is 0.409. The molecule has 5 nitrogen and oxygen atoms in total. The van der Waals surface area contributed by atoms with E-state index in [0.717, 1.165) is 11.1 Å². The average molecular weight is 254 g/mol. The van der Waals surface area contributed by atoms with E-state index in [1.165, 1.54) is 11.3 Å². The number of pyridine rings is 1. The molecular weight excluding hydrogens is 248 g/mol. The van der Waals surface area contributed by atoms with Crippen LogP contribution in [0.4, 0.5) is 0 Å². The Morgan fingerprint density at radius 3 is 2.72 bits per heavy atom. The van der Waals surface area contributed by atoms with E-state index in [0.29, 0.717) is 16.7 Å². The fourth-order valence-electron chi connectivity index (χ4n) is 1.45. The van der Waals surface area contributed by atoms with Crippen LogP contribution >= 0.6 is 11.3 Å². The van der Waals surface area contributed by atoms with E-state index in [-0.39, 0.29) is 0 Å². The molecule has 0 aromatic carbocycles. The van der Waals surface area contributed by atoms with E-state index in [4.69, 9.17) is 9.68 Å². The lowest BCUT2D eigenvalue weighted by atomic mass is 10.3. The molecule has 0 aliphatic heterocycles. The van der Waals surface area contributed by atoms with Gasteiger partial charge in [0, 0.05) is 17.8 Å². The van der Waals surface area contributed by atoms with Gasteiger partial charge in [0.15, 0.2) is 0 Å². The van der Waals surface area contributed by atoms with Crippen LogP contribution in [0, 0.1) is 11.3 Å². The molecule has 3 rings (SSSR count). The summed E-state index contributed by atoms with van der Waals surface area (Å²) in [5, 5.41) is 18.5. The molecule has 0 bridgehead atoms.